The number of carbonyl (C=O) groups excluding carboxylic acids is 1. The number of Topliss-reactive ketones (excluding diaryl/α,β-unsaturated/α-hetero) is 1. The molecule has 0 spiro atoms. The molecule has 1 atom stereocenters. The molecule has 1 aromatic heterocycles. The summed E-state index contributed by atoms with van der Waals surface area (Å²) in [5.74, 6) is -4.26. The molecular formula is C14H14F2N2O. The Balaban J connectivity index is 2.09. The van der Waals surface area contributed by atoms with Gasteiger partial charge in [0.15, 0.2) is 5.78 Å². The summed E-state index contributed by atoms with van der Waals surface area (Å²) in [5.41, 5.74) is 0.535. The molecule has 1 unspecified atom stereocenters. The van der Waals surface area contributed by atoms with Crippen LogP contribution < -0.4 is 0 Å². The molecule has 5 heteroatoms. The second kappa shape index (κ2) is 5.43. The second-order valence-electron chi connectivity index (χ2n) is 4.88. The van der Waals surface area contributed by atoms with Crippen LogP contribution in [0.3, 0.4) is 0 Å². The predicted octanol–water partition coefficient (Wildman–Crippen LogP) is 3.08. The van der Waals surface area contributed by atoms with Gasteiger partial charge >= 0.3 is 0 Å². The van der Waals surface area contributed by atoms with E-state index in [1.54, 1.807) is 18.3 Å². The summed E-state index contributed by atoms with van der Waals surface area (Å²) in [7, 11) is 0. The van der Waals surface area contributed by atoms with Crippen LogP contribution in [0.1, 0.15) is 37.2 Å². The zero-order valence-electron chi connectivity index (χ0n) is 10.4. The van der Waals surface area contributed by atoms with E-state index in [9.17, 15) is 13.6 Å². The number of rotatable bonds is 3. The van der Waals surface area contributed by atoms with Crippen LogP contribution in [0.25, 0.3) is 0 Å². The molecule has 19 heavy (non-hydrogen) atoms. The number of halogens is 2. The summed E-state index contributed by atoms with van der Waals surface area (Å²) < 4.78 is 26.1. The minimum atomic E-state index is -2.66. The lowest BCUT2D eigenvalue weighted by atomic mass is 9.79. The normalized spacial score (nSPS) is 20.5. The minimum absolute atomic E-state index is 0.157. The van der Waals surface area contributed by atoms with Crippen molar-refractivity contribution in [2.45, 2.75) is 37.5 Å². The number of aromatic nitrogens is 1. The Bertz CT molecular complexity index is 486. The standard InChI is InChI=1S/C14H14F2N2O/c15-14(16)5-3-10(4-6-14)13(19)12(8-17)11-2-1-7-18-9-11/h1-2,7,9-10,12H,3-6H2. The lowest BCUT2D eigenvalue weighted by Crippen LogP contribution is -2.31. The predicted molar refractivity (Wildman–Crippen MR) is 64.5 cm³/mol. The average molecular weight is 264 g/mol. The molecule has 0 radical (unpaired) electrons. The molecular weight excluding hydrogens is 250 g/mol. The van der Waals surface area contributed by atoms with Crippen LogP contribution in [0.4, 0.5) is 8.78 Å². The molecule has 0 N–H and O–H groups in total. The van der Waals surface area contributed by atoms with Crippen molar-refractivity contribution in [1.82, 2.24) is 4.98 Å². The molecule has 1 saturated carbocycles. The highest BCUT2D eigenvalue weighted by molar-refractivity contribution is 5.90. The quantitative estimate of drug-likeness (QED) is 0.843. The molecule has 1 aliphatic carbocycles. The van der Waals surface area contributed by atoms with Gasteiger partial charge in [0, 0.05) is 31.2 Å². The molecule has 1 fully saturated rings. The topological polar surface area (TPSA) is 53.8 Å². The lowest BCUT2D eigenvalue weighted by Gasteiger charge is -2.28. The fourth-order valence-corrected chi connectivity index (χ4v) is 2.41. The fourth-order valence-electron chi connectivity index (χ4n) is 2.41. The van der Waals surface area contributed by atoms with Crippen LogP contribution in [0.15, 0.2) is 24.5 Å². The highest BCUT2D eigenvalue weighted by Crippen LogP contribution is 2.38. The van der Waals surface area contributed by atoms with Gasteiger partial charge in [0.05, 0.1) is 6.07 Å². The summed E-state index contributed by atoms with van der Waals surface area (Å²) in [6, 6.07) is 5.28. The van der Waals surface area contributed by atoms with Crippen molar-refractivity contribution in [1.29, 1.82) is 5.26 Å². The molecule has 0 amide bonds. The average Bonchev–Trinajstić information content (AvgIpc) is 2.40. The van der Waals surface area contributed by atoms with Gasteiger partial charge in [0.25, 0.3) is 0 Å². The highest BCUT2D eigenvalue weighted by atomic mass is 19.3. The third-order valence-electron chi connectivity index (χ3n) is 3.55. The van der Waals surface area contributed by atoms with Crippen molar-refractivity contribution in [2.24, 2.45) is 5.92 Å². The summed E-state index contributed by atoms with van der Waals surface area (Å²) in [6.45, 7) is 0. The van der Waals surface area contributed by atoms with Gasteiger partial charge in [0.2, 0.25) is 5.92 Å². The first kappa shape index (κ1) is 13.6. The number of hydrogen-bond acceptors (Lipinski definition) is 3. The van der Waals surface area contributed by atoms with E-state index in [2.05, 4.69) is 4.98 Å². The van der Waals surface area contributed by atoms with Gasteiger partial charge < -0.3 is 0 Å². The lowest BCUT2D eigenvalue weighted by molar-refractivity contribution is -0.127. The largest absolute Gasteiger partial charge is 0.298 e. The van der Waals surface area contributed by atoms with Gasteiger partial charge in [-0.15, -0.1) is 0 Å². The van der Waals surface area contributed by atoms with E-state index in [-0.39, 0.29) is 31.5 Å². The maximum Gasteiger partial charge on any atom is 0.248 e. The van der Waals surface area contributed by atoms with Crippen LogP contribution >= 0.6 is 0 Å². The van der Waals surface area contributed by atoms with Crippen molar-refractivity contribution in [2.75, 3.05) is 0 Å². The van der Waals surface area contributed by atoms with Gasteiger partial charge in [-0.1, -0.05) is 6.07 Å². The molecule has 0 saturated heterocycles. The van der Waals surface area contributed by atoms with E-state index >= 15 is 0 Å². The maximum absolute atomic E-state index is 13.1. The summed E-state index contributed by atoms with van der Waals surface area (Å²) >= 11 is 0. The number of pyridine rings is 1. The Kier molecular flexibility index (Phi) is 3.89. The van der Waals surface area contributed by atoms with E-state index in [0.29, 0.717) is 5.56 Å². The SMILES string of the molecule is N#CC(C(=O)C1CCC(F)(F)CC1)c1cccnc1. The first-order chi connectivity index (χ1) is 9.03. The molecule has 1 aromatic rings. The van der Waals surface area contributed by atoms with E-state index in [4.69, 9.17) is 5.26 Å². The number of nitriles is 1. The van der Waals surface area contributed by atoms with Gasteiger partial charge in [-0.25, -0.2) is 8.78 Å². The number of hydrogen-bond donors (Lipinski definition) is 0. The monoisotopic (exact) mass is 264 g/mol. The second-order valence-corrected chi connectivity index (χ2v) is 4.88. The number of carbonyl (C=O) groups is 1. The molecule has 0 aliphatic heterocycles. The van der Waals surface area contributed by atoms with Crippen molar-refractivity contribution in [3.63, 3.8) is 0 Å². The van der Waals surface area contributed by atoms with Crippen LogP contribution in [-0.2, 0) is 4.79 Å². The van der Waals surface area contributed by atoms with Gasteiger partial charge in [-0.05, 0) is 24.5 Å². The molecule has 0 aromatic carbocycles. The van der Waals surface area contributed by atoms with E-state index < -0.39 is 17.8 Å². The zero-order valence-corrected chi connectivity index (χ0v) is 10.4. The molecule has 1 aliphatic rings. The molecule has 2 rings (SSSR count). The van der Waals surface area contributed by atoms with Crippen LogP contribution in [0.5, 0.6) is 0 Å². The maximum atomic E-state index is 13.1. The molecule has 1 heterocycles. The van der Waals surface area contributed by atoms with Gasteiger partial charge in [0.1, 0.15) is 5.92 Å². The molecule has 100 valence electrons. The van der Waals surface area contributed by atoms with Crippen molar-refractivity contribution < 1.29 is 13.6 Å². The molecule has 0 bridgehead atoms. The van der Waals surface area contributed by atoms with E-state index in [1.807, 2.05) is 6.07 Å². The number of nitrogens with zero attached hydrogens (tertiary/aromatic N) is 2. The van der Waals surface area contributed by atoms with Crippen molar-refractivity contribution in [3.8, 4) is 6.07 Å². The number of alkyl halides is 2. The number of ketones is 1. The Morgan fingerprint density at radius 3 is 2.68 bits per heavy atom. The summed E-state index contributed by atoms with van der Waals surface area (Å²) in [4.78, 5) is 16.1. The van der Waals surface area contributed by atoms with Crippen LogP contribution in [0, 0.1) is 17.2 Å². The zero-order chi connectivity index (χ0) is 13.9. The van der Waals surface area contributed by atoms with Gasteiger partial charge in [-0.2, -0.15) is 5.26 Å². The van der Waals surface area contributed by atoms with Crippen LogP contribution in [-0.4, -0.2) is 16.7 Å². The third-order valence-corrected chi connectivity index (χ3v) is 3.55. The summed E-state index contributed by atoms with van der Waals surface area (Å²) in [6.07, 6.45) is 2.81. The first-order valence-corrected chi connectivity index (χ1v) is 6.24. The van der Waals surface area contributed by atoms with Crippen molar-refractivity contribution >= 4 is 5.78 Å². The van der Waals surface area contributed by atoms with Crippen molar-refractivity contribution in [3.05, 3.63) is 30.1 Å². The highest BCUT2D eigenvalue weighted by Gasteiger charge is 2.39. The fraction of sp³-hybridized carbons (Fsp3) is 0.500. The van der Waals surface area contributed by atoms with E-state index in [1.165, 1.54) is 6.20 Å². The van der Waals surface area contributed by atoms with Gasteiger partial charge in [-0.3, -0.25) is 9.78 Å². The summed E-state index contributed by atoms with van der Waals surface area (Å²) in [5, 5.41) is 9.14. The Morgan fingerprint density at radius 1 is 1.47 bits per heavy atom. The molecule has 3 nitrogen and oxygen atoms in total. The smallest absolute Gasteiger partial charge is 0.248 e. The van der Waals surface area contributed by atoms with E-state index in [0.717, 1.165) is 0 Å². The Labute approximate surface area is 110 Å². The third kappa shape index (κ3) is 3.14. The van der Waals surface area contributed by atoms with Crippen LogP contribution in [0.2, 0.25) is 0 Å². The Hall–Kier alpha value is -1.83. The minimum Gasteiger partial charge on any atom is -0.298 e. The Morgan fingerprint density at radius 2 is 2.16 bits per heavy atom. The first-order valence-electron chi connectivity index (χ1n) is 6.24.